The predicted octanol–water partition coefficient (Wildman–Crippen LogP) is 5.68. The van der Waals surface area contributed by atoms with Gasteiger partial charge in [0.15, 0.2) is 11.5 Å². The van der Waals surface area contributed by atoms with Gasteiger partial charge in [-0.05, 0) is 70.6 Å². The number of methoxy groups -OCH3 is 1. The Labute approximate surface area is 192 Å². The summed E-state index contributed by atoms with van der Waals surface area (Å²) in [5, 5.41) is 22.6. The van der Waals surface area contributed by atoms with Crippen LogP contribution in [0.2, 0.25) is 5.02 Å². The minimum Gasteiger partial charge on any atom is -0.505 e. The summed E-state index contributed by atoms with van der Waals surface area (Å²) >= 11 is 8.62. The van der Waals surface area contributed by atoms with E-state index in [1.807, 2.05) is 30.3 Å². The van der Waals surface area contributed by atoms with Crippen LogP contribution in [0.1, 0.15) is 22.7 Å². The number of nitrogens with zero attached hydrogens (tertiary/aromatic N) is 2. The molecule has 152 valence electrons. The molecular formula is C23H18ClIN2O3. The number of ether oxygens (including phenoxy) is 1. The van der Waals surface area contributed by atoms with Crippen molar-refractivity contribution < 1.29 is 14.9 Å². The van der Waals surface area contributed by atoms with Gasteiger partial charge in [0.1, 0.15) is 11.3 Å². The molecule has 2 aromatic heterocycles. The number of aromatic nitrogens is 2. The van der Waals surface area contributed by atoms with E-state index in [0.29, 0.717) is 37.2 Å². The zero-order valence-electron chi connectivity index (χ0n) is 16.0. The number of hydrogen-bond acceptors (Lipinski definition) is 5. The third-order valence-corrected chi connectivity index (χ3v) is 6.17. The van der Waals surface area contributed by atoms with Crippen LogP contribution < -0.4 is 4.74 Å². The third kappa shape index (κ3) is 3.89. The molecule has 1 atom stereocenters. The van der Waals surface area contributed by atoms with Gasteiger partial charge in [-0.2, -0.15) is 0 Å². The lowest BCUT2D eigenvalue weighted by Gasteiger charge is -2.22. The van der Waals surface area contributed by atoms with Gasteiger partial charge in [-0.15, -0.1) is 0 Å². The van der Waals surface area contributed by atoms with Crippen molar-refractivity contribution in [1.29, 1.82) is 0 Å². The lowest BCUT2D eigenvalue weighted by atomic mass is 9.86. The van der Waals surface area contributed by atoms with Crippen molar-refractivity contribution in [3.8, 4) is 17.2 Å². The second-order valence-electron chi connectivity index (χ2n) is 6.83. The first-order valence-corrected chi connectivity index (χ1v) is 10.7. The molecular weight excluding hydrogens is 515 g/mol. The molecule has 7 heteroatoms. The molecule has 5 nitrogen and oxygen atoms in total. The normalized spacial score (nSPS) is 12.1. The second-order valence-corrected chi connectivity index (χ2v) is 8.40. The maximum atomic E-state index is 11.1. The van der Waals surface area contributed by atoms with Crippen LogP contribution >= 0.6 is 34.2 Å². The number of rotatable bonds is 5. The Hall–Kier alpha value is -2.58. The fourth-order valence-electron chi connectivity index (χ4n) is 3.56. The zero-order chi connectivity index (χ0) is 21.3. The molecule has 30 heavy (non-hydrogen) atoms. The van der Waals surface area contributed by atoms with E-state index >= 15 is 0 Å². The van der Waals surface area contributed by atoms with E-state index in [1.54, 1.807) is 30.6 Å². The molecule has 0 fully saturated rings. The Balaban J connectivity index is 1.94. The Bertz CT molecular complexity index is 1220. The molecule has 0 saturated heterocycles. The molecule has 0 saturated carbocycles. The van der Waals surface area contributed by atoms with Crippen LogP contribution in [0.25, 0.3) is 10.9 Å². The summed E-state index contributed by atoms with van der Waals surface area (Å²) in [7, 11) is 1.51. The summed E-state index contributed by atoms with van der Waals surface area (Å²) in [5.41, 5.74) is 2.81. The highest BCUT2D eigenvalue weighted by Gasteiger charge is 2.24. The van der Waals surface area contributed by atoms with Crippen molar-refractivity contribution in [3.05, 3.63) is 86.3 Å². The van der Waals surface area contributed by atoms with Gasteiger partial charge in [-0.25, -0.2) is 0 Å². The number of benzene rings is 2. The summed E-state index contributed by atoms with van der Waals surface area (Å²) in [4.78, 5) is 8.79. The predicted molar refractivity (Wildman–Crippen MR) is 126 cm³/mol. The number of phenolic OH excluding ortho intramolecular Hbond substituents is 2. The average molecular weight is 533 g/mol. The fraction of sp³-hybridized carbons (Fsp3) is 0.130. The molecule has 4 rings (SSSR count). The van der Waals surface area contributed by atoms with E-state index in [0.717, 1.165) is 11.3 Å². The van der Waals surface area contributed by atoms with Crippen molar-refractivity contribution in [1.82, 2.24) is 9.97 Å². The molecule has 0 bridgehead atoms. The number of hydrogen-bond donors (Lipinski definition) is 2. The van der Waals surface area contributed by atoms with Gasteiger partial charge < -0.3 is 14.9 Å². The van der Waals surface area contributed by atoms with Crippen LogP contribution in [0.5, 0.6) is 17.2 Å². The van der Waals surface area contributed by atoms with Crippen LogP contribution in [0.4, 0.5) is 0 Å². The Morgan fingerprint density at radius 3 is 2.57 bits per heavy atom. The maximum absolute atomic E-state index is 11.1. The molecule has 0 aliphatic carbocycles. The standard InChI is InChI=1S/C23H18ClIN2O3/c1-30-20-10-13(9-19(25)23(20)29)16(11-14-5-2-3-7-26-14)17-12-18(24)15-6-4-8-27-21(15)22(17)28/h2-10,12,16,28-29H,11H2,1H3. The van der Waals surface area contributed by atoms with Gasteiger partial charge in [-0.1, -0.05) is 17.7 Å². The molecule has 0 aliphatic heterocycles. The molecule has 4 aromatic rings. The quantitative estimate of drug-likeness (QED) is 0.323. The molecule has 0 spiro atoms. The van der Waals surface area contributed by atoms with E-state index in [4.69, 9.17) is 16.3 Å². The Morgan fingerprint density at radius 2 is 1.83 bits per heavy atom. The van der Waals surface area contributed by atoms with Gasteiger partial charge in [0.2, 0.25) is 0 Å². The Kier molecular flexibility index (Phi) is 5.97. The van der Waals surface area contributed by atoms with E-state index in [1.165, 1.54) is 7.11 Å². The van der Waals surface area contributed by atoms with Crippen molar-refractivity contribution in [3.63, 3.8) is 0 Å². The highest BCUT2D eigenvalue weighted by Crippen LogP contribution is 2.43. The summed E-state index contributed by atoms with van der Waals surface area (Å²) in [6.45, 7) is 0. The number of aromatic hydroxyl groups is 2. The second kappa shape index (κ2) is 8.65. The topological polar surface area (TPSA) is 75.5 Å². The third-order valence-electron chi connectivity index (χ3n) is 5.03. The van der Waals surface area contributed by atoms with Crippen molar-refractivity contribution in [2.45, 2.75) is 12.3 Å². The Morgan fingerprint density at radius 1 is 1.03 bits per heavy atom. The number of phenols is 2. The van der Waals surface area contributed by atoms with Gasteiger partial charge in [-0.3, -0.25) is 9.97 Å². The van der Waals surface area contributed by atoms with Gasteiger partial charge >= 0.3 is 0 Å². The summed E-state index contributed by atoms with van der Waals surface area (Å²) in [5.74, 6) is 0.248. The van der Waals surface area contributed by atoms with Gasteiger partial charge in [0.25, 0.3) is 0 Å². The fourth-order valence-corrected chi connectivity index (χ4v) is 4.45. The van der Waals surface area contributed by atoms with E-state index in [-0.39, 0.29) is 17.4 Å². The molecule has 0 radical (unpaired) electrons. The van der Waals surface area contributed by atoms with E-state index in [2.05, 4.69) is 32.6 Å². The van der Waals surface area contributed by atoms with Crippen LogP contribution in [0.3, 0.4) is 0 Å². The molecule has 0 amide bonds. The first-order valence-electron chi connectivity index (χ1n) is 9.22. The van der Waals surface area contributed by atoms with Crippen LogP contribution in [0.15, 0.2) is 60.9 Å². The highest BCUT2D eigenvalue weighted by molar-refractivity contribution is 14.1. The van der Waals surface area contributed by atoms with E-state index < -0.39 is 0 Å². The molecule has 2 aromatic carbocycles. The van der Waals surface area contributed by atoms with Crippen LogP contribution in [-0.4, -0.2) is 27.3 Å². The maximum Gasteiger partial charge on any atom is 0.171 e. The lowest BCUT2D eigenvalue weighted by Crippen LogP contribution is -2.08. The van der Waals surface area contributed by atoms with Gasteiger partial charge in [0, 0.05) is 41.4 Å². The first-order chi connectivity index (χ1) is 14.5. The smallest absolute Gasteiger partial charge is 0.171 e. The van der Waals surface area contributed by atoms with Crippen LogP contribution in [-0.2, 0) is 6.42 Å². The number of halogens is 2. The van der Waals surface area contributed by atoms with E-state index in [9.17, 15) is 10.2 Å². The van der Waals surface area contributed by atoms with Crippen molar-refractivity contribution in [2.75, 3.05) is 7.11 Å². The first kappa shape index (κ1) is 20.7. The lowest BCUT2D eigenvalue weighted by molar-refractivity contribution is 0.371. The molecule has 2 N–H and O–H groups in total. The monoisotopic (exact) mass is 532 g/mol. The van der Waals surface area contributed by atoms with Crippen LogP contribution in [0, 0.1) is 3.57 Å². The molecule has 2 heterocycles. The van der Waals surface area contributed by atoms with Crippen molar-refractivity contribution in [2.24, 2.45) is 0 Å². The minimum absolute atomic E-state index is 0.0815. The summed E-state index contributed by atoms with van der Waals surface area (Å²) in [6.07, 6.45) is 3.89. The summed E-state index contributed by atoms with van der Waals surface area (Å²) < 4.78 is 6.01. The highest BCUT2D eigenvalue weighted by atomic mass is 127. The number of fused-ring (bicyclic) bond motifs is 1. The van der Waals surface area contributed by atoms with Gasteiger partial charge in [0.05, 0.1) is 15.7 Å². The molecule has 0 aliphatic rings. The zero-order valence-corrected chi connectivity index (χ0v) is 18.9. The van der Waals surface area contributed by atoms with Crippen molar-refractivity contribution >= 4 is 45.1 Å². The summed E-state index contributed by atoms with van der Waals surface area (Å²) in [6, 6.07) is 14.8. The molecule has 1 unspecified atom stereocenters. The SMILES string of the molecule is COc1cc(C(Cc2ccccn2)c2cc(Cl)c3cccnc3c2O)cc(I)c1O. The number of pyridine rings is 2. The minimum atomic E-state index is -0.285. The largest absolute Gasteiger partial charge is 0.505 e. The average Bonchev–Trinajstić information content (AvgIpc) is 2.77.